The fraction of sp³-hybridized carbons (Fsp3) is 0.138. The Morgan fingerprint density at radius 1 is 0.943 bits per heavy atom. The van der Waals surface area contributed by atoms with Crippen molar-refractivity contribution in [1.29, 1.82) is 0 Å². The minimum absolute atomic E-state index is 0.0510. The Morgan fingerprint density at radius 2 is 1.71 bits per heavy atom. The van der Waals surface area contributed by atoms with Gasteiger partial charge >= 0.3 is 0 Å². The number of halogens is 2. The molecule has 0 aliphatic carbocycles. The summed E-state index contributed by atoms with van der Waals surface area (Å²) >= 11 is 9.87. The average Bonchev–Trinajstić information content (AvgIpc) is 3.34. The summed E-state index contributed by atoms with van der Waals surface area (Å²) in [6, 6.07) is 32.4. The summed E-state index contributed by atoms with van der Waals surface area (Å²) in [4.78, 5) is 0. The lowest BCUT2D eigenvalue weighted by Gasteiger charge is -2.38. The van der Waals surface area contributed by atoms with Crippen LogP contribution in [0.2, 0.25) is 5.02 Å². The quantitative estimate of drug-likeness (QED) is 0.255. The number of nitrogens with zero attached hydrogens (tertiary/aromatic N) is 2. The highest BCUT2D eigenvalue weighted by molar-refractivity contribution is 9.10. The van der Waals surface area contributed by atoms with Gasteiger partial charge in [-0.3, -0.25) is 0 Å². The Hall–Kier alpha value is -3.28. The minimum atomic E-state index is -0.343. The largest absolute Gasteiger partial charge is 0.489 e. The summed E-state index contributed by atoms with van der Waals surface area (Å²) in [5, 5.41) is 7.79. The Morgan fingerprint density at radius 3 is 2.49 bits per heavy atom. The van der Waals surface area contributed by atoms with Crippen LogP contribution in [-0.4, -0.2) is 10.7 Å². The molecule has 0 fully saturated rings. The molecule has 0 bridgehead atoms. The van der Waals surface area contributed by atoms with E-state index in [1.54, 1.807) is 0 Å². The van der Waals surface area contributed by atoms with Gasteiger partial charge in [0.1, 0.15) is 18.1 Å². The number of hydrogen-bond donors (Lipinski definition) is 0. The van der Waals surface area contributed by atoms with Crippen molar-refractivity contribution in [3.8, 4) is 11.5 Å². The first kappa shape index (κ1) is 22.2. The van der Waals surface area contributed by atoms with Crippen LogP contribution in [0, 0.1) is 0 Å². The molecule has 174 valence electrons. The Kier molecular flexibility index (Phi) is 5.96. The molecule has 6 rings (SSSR count). The third kappa shape index (κ3) is 4.54. The van der Waals surface area contributed by atoms with E-state index in [-0.39, 0.29) is 12.3 Å². The number of rotatable bonds is 5. The van der Waals surface area contributed by atoms with E-state index in [0.29, 0.717) is 11.6 Å². The molecule has 6 heteroatoms. The second kappa shape index (κ2) is 9.40. The summed E-state index contributed by atoms with van der Waals surface area (Å²) in [7, 11) is 0. The summed E-state index contributed by atoms with van der Waals surface area (Å²) in [5.41, 5.74) is 5.36. The Balaban J connectivity index is 1.29. The third-order valence-corrected chi connectivity index (χ3v) is 7.11. The fourth-order valence-electron chi connectivity index (χ4n) is 4.56. The van der Waals surface area contributed by atoms with E-state index in [2.05, 4.69) is 57.3 Å². The zero-order valence-corrected chi connectivity index (χ0v) is 21.1. The van der Waals surface area contributed by atoms with Crippen LogP contribution in [0.15, 0.2) is 107 Å². The number of hydrogen-bond acceptors (Lipinski definition) is 4. The lowest BCUT2D eigenvalue weighted by molar-refractivity contribution is -0.0190. The van der Waals surface area contributed by atoms with Crippen LogP contribution in [0.3, 0.4) is 0 Å². The molecule has 2 aliphatic rings. The van der Waals surface area contributed by atoms with E-state index < -0.39 is 0 Å². The summed E-state index contributed by atoms with van der Waals surface area (Å²) < 4.78 is 13.5. The molecule has 0 aromatic heterocycles. The molecular formula is C29H22BrClN2O2. The molecule has 0 saturated carbocycles. The van der Waals surface area contributed by atoms with E-state index in [1.807, 2.05) is 60.7 Å². The number of hydrazone groups is 1. The molecule has 4 aromatic carbocycles. The second-order valence-corrected chi connectivity index (χ2v) is 10.0. The highest BCUT2D eigenvalue weighted by atomic mass is 79.9. The maximum atomic E-state index is 6.47. The van der Waals surface area contributed by atoms with Crippen LogP contribution < -0.4 is 9.47 Å². The van der Waals surface area contributed by atoms with Crippen molar-refractivity contribution in [3.05, 3.63) is 129 Å². The standard InChI is InChI=1S/C29H22BrClN2O2/c30-22-10-6-20(7-11-22)26-17-27-25-16-23(31)12-15-28(25)35-29(33(27)32-26)21-8-13-24(14-9-21)34-18-19-4-2-1-3-5-19/h1-16,27,29H,17-18H2/t27-,29-/m1/s1. The van der Waals surface area contributed by atoms with Crippen molar-refractivity contribution < 1.29 is 9.47 Å². The smallest absolute Gasteiger partial charge is 0.213 e. The van der Waals surface area contributed by atoms with Crippen molar-refractivity contribution in [1.82, 2.24) is 5.01 Å². The van der Waals surface area contributed by atoms with E-state index >= 15 is 0 Å². The monoisotopic (exact) mass is 544 g/mol. The average molecular weight is 546 g/mol. The lowest BCUT2D eigenvalue weighted by Crippen LogP contribution is -2.33. The molecule has 35 heavy (non-hydrogen) atoms. The summed E-state index contributed by atoms with van der Waals surface area (Å²) in [5.74, 6) is 1.66. The van der Waals surface area contributed by atoms with Gasteiger partial charge in [0.2, 0.25) is 6.23 Å². The SMILES string of the molecule is Clc1ccc2c(c1)[C@H]1CC(c3ccc(Br)cc3)=NN1[C@@H](c1ccc(OCc3ccccc3)cc1)O2. The van der Waals surface area contributed by atoms with Gasteiger partial charge in [-0.05, 0) is 65.7 Å². The van der Waals surface area contributed by atoms with Crippen LogP contribution in [0.1, 0.15) is 40.9 Å². The van der Waals surface area contributed by atoms with Gasteiger partial charge in [-0.1, -0.05) is 70.0 Å². The minimum Gasteiger partial charge on any atom is -0.489 e. The number of benzene rings is 4. The normalized spacial score (nSPS) is 18.3. The van der Waals surface area contributed by atoms with Crippen molar-refractivity contribution in [2.45, 2.75) is 25.3 Å². The maximum absolute atomic E-state index is 6.47. The van der Waals surface area contributed by atoms with Gasteiger partial charge in [-0.15, -0.1) is 0 Å². The molecule has 2 heterocycles. The van der Waals surface area contributed by atoms with Gasteiger partial charge in [0.15, 0.2) is 0 Å². The zero-order valence-electron chi connectivity index (χ0n) is 18.8. The molecule has 4 nitrogen and oxygen atoms in total. The highest BCUT2D eigenvalue weighted by Crippen LogP contribution is 2.48. The molecule has 0 amide bonds. The second-order valence-electron chi connectivity index (χ2n) is 8.65. The van der Waals surface area contributed by atoms with Gasteiger partial charge in [0.05, 0.1) is 11.8 Å². The highest BCUT2D eigenvalue weighted by Gasteiger charge is 2.41. The lowest BCUT2D eigenvalue weighted by atomic mass is 9.96. The van der Waals surface area contributed by atoms with Gasteiger partial charge in [-0.25, -0.2) is 5.01 Å². The summed E-state index contributed by atoms with van der Waals surface area (Å²) in [6.07, 6.45) is 0.442. The first-order valence-electron chi connectivity index (χ1n) is 11.5. The molecule has 0 radical (unpaired) electrons. The van der Waals surface area contributed by atoms with Crippen molar-refractivity contribution in [3.63, 3.8) is 0 Å². The zero-order chi connectivity index (χ0) is 23.8. The number of fused-ring (bicyclic) bond motifs is 3. The first-order valence-corrected chi connectivity index (χ1v) is 12.7. The molecule has 0 spiro atoms. The van der Waals surface area contributed by atoms with Crippen LogP contribution in [0.25, 0.3) is 0 Å². The fourth-order valence-corrected chi connectivity index (χ4v) is 5.01. The molecule has 2 aliphatic heterocycles. The maximum Gasteiger partial charge on any atom is 0.213 e. The van der Waals surface area contributed by atoms with Gasteiger partial charge < -0.3 is 9.47 Å². The van der Waals surface area contributed by atoms with Crippen LogP contribution in [0.4, 0.5) is 0 Å². The van der Waals surface area contributed by atoms with E-state index in [9.17, 15) is 0 Å². The van der Waals surface area contributed by atoms with Gasteiger partial charge in [0, 0.05) is 27.0 Å². The molecule has 2 atom stereocenters. The topological polar surface area (TPSA) is 34.1 Å². The molecular weight excluding hydrogens is 524 g/mol. The van der Waals surface area contributed by atoms with Crippen molar-refractivity contribution in [2.75, 3.05) is 0 Å². The number of ether oxygens (including phenoxy) is 2. The molecule has 0 saturated heterocycles. The Bertz CT molecular complexity index is 1370. The van der Waals surface area contributed by atoms with E-state index in [0.717, 1.165) is 50.4 Å². The van der Waals surface area contributed by atoms with E-state index in [4.69, 9.17) is 26.2 Å². The molecule has 0 unspecified atom stereocenters. The van der Waals surface area contributed by atoms with E-state index in [1.165, 1.54) is 0 Å². The molecule has 4 aromatic rings. The predicted molar refractivity (Wildman–Crippen MR) is 142 cm³/mol. The van der Waals surface area contributed by atoms with Crippen molar-refractivity contribution in [2.24, 2.45) is 5.10 Å². The first-order chi connectivity index (χ1) is 17.1. The van der Waals surface area contributed by atoms with Crippen molar-refractivity contribution >= 4 is 33.2 Å². The summed E-state index contributed by atoms with van der Waals surface area (Å²) in [6.45, 7) is 0.531. The van der Waals surface area contributed by atoms with Gasteiger partial charge in [0.25, 0.3) is 0 Å². The van der Waals surface area contributed by atoms with Crippen LogP contribution >= 0.6 is 27.5 Å². The van der Waals surface area contributed by atoms with Crippen LogP contribution in [0.5, 0.6) is 11.5 Å². The molecule has 0 N–H and O–H groups in total. The third-order valence-electron chi connectivity index (χ3n) is 6.34. The van der Waals surface area contributed by atoms with Crippen LogP contribution in [-0.2, 0) is 6.61 Å². The predicted octanol–water partition coefficient (Wildman–Crippen LogP) is 7.92. The Labute approximate surface area is 217 Å². The van der Waals surface area contributed by atoms with Gasteiger partial charge in [-0.2, -0.15) is 5.10 Å².